The summed E-state index contributed by atoms with van der Waals surface area (Å²) in [5, 5.41) is 9.26. The van der Waals surface area contributed by atoms with Crippen LogP contribution in [0, 0.1) is 11.7 Å². The average Bonchev–Trinajstić information content (AvgIpc) is 3.51. The second kappa shape index (κ2) is 11.0. The van der Waals surface area contributed by atoms with Gasteiger partial charge >= 0.3 is 5.76 Å². The van der Waals surface area contributed by atoms with Crippen molar-refractivity contribution in [1.82, 2.24) is 35.1 Å². The number of halogens is 1. The molecule has 2 amide bonds. The molecule has 0 bridgehead atoms. The minimum Gasteiger partial charge on any atom is -0.408 e. The molecule has 4 aromatic rings. The summed E-state index contributed by atoms with van der Waals surface area (Å²) in [7, 11) is 4.06. The molecule has 0 unspecified atom stereocenters. The SMILES string of the molecule is C[C@H](NC(=O)c1cc(C(=O)NCc2ccc3oc(=O)[nH]c3c2)nc2c(F)cnn12)C(=O)C1CCC(N(C)C)CC1. The van der Waals surface area contributed by atoms with Crippen LogP contribution >= 0.6 is 0 Å². The molecule has 0 saturated heterocycles. The lowest BCUT2D eigenvalue weighted by atomic mass is 9.81. The van der Waals surface area contributed by atoms with Crippen LogP contribution in [0.2, 0.25) is 0 Å². The van der Waals surface area contributed by atoms with E-state index in [9.17, 15) is 23.6 Å². The second-order valence-electron chi connectivity index (χ2n) is 10.3. The van der Waals surface area contributed by atoms with E-state index < -0.39 is 29.4 Å². The van der Waals surface area contributed by atoms with E-state index in [1.165, 1.54) is 6.07 Å². The van der Waals surface area contributed by atoms with Crippen LogP contribution in [0.25, 0.3) is 16.7 Å². The number of H-pyrrole nitrogens is 1. The lowest BCUT2D eigenvalue weighted by molar-refractivity contribution is -0.125. The van der Waals surface area contributed by atoms with Crippen molar-refractivity contribution in [1.29, 1.82) is 0 Å². The molecule has 1 aliphatic rings. The molecule has 210 valence electrons. The number of amides is 2. The predicted octanol–water partition coefficient (Wildman–Crippen LogP) is 2.04. The zero-order chi connectivity index (χ0) is 28.6. The van der Waals surface area contributed by atoms with E-state index in [2.05, 4.69) is 30.6 Å². The van der Waals surface area contributed by atoms with Crippen LogP contribution in [0.15, 0.2) is 39.7 Å². The number of rotatable bonds is 8. The third-order valence-corrected chi connectivity index (χ3v) is 7.43. The molecular formula is C27H30FN7O5. The molecule has 5 rings (SSSR count). The molecule has 12 nitrogen and oxygen atoms in total. The van der Waals surface area contributed by atoms with Gasteiger partial charge in [0.2, 0.25) is 0 Å². The first-order valence-corrected chi connectivity index (χ1v) is 13.1. The largest absolute Gasteiger partial charge is 0.417 e. The number of hydrogen-bond donors (Lipinski definition) is 3. The summed E-state index contributed by atoms with van der Waals surface area (Å²) in [6.45, 7) is 1.69. The van der Waals surface area contributed by atoms with E-state index in [1.807, 2.05) is 14.1 Å². The third kappa shape index (κ3) is 5.50. The van der Waals surface area contributed by atoms with Crippen molar-refractivity contribution in [3.05, 3.63) is 63.8 Å². The Morgan fingerprint density at radius 1 is 1.18 bits per heavy atom. The molecular weight excluding hydrogens is 521 g/mol. The number of carbonyl (C=O) groups excluding carboxylic acids is 3. The lowest BCUT2D eigenvalue weighted by Crippen LogP contribution is -2.44. The van der Waals surface area contributed by atoms with E-state index >= 15 is 0 Å². The van der Waals surface area contributed by atoms with Gasteiger partial charge in [0.1, 0.15) is 11.4 Å². The van der Waals surface area contributed by atoms with Crippen molar-refractivity contribution in [3.8, 4) is 0 Å². The quantitative estimate of drug-likeness (QED) is 0.301. The fourth-order valence-electron chi connectivity index (χ4n) is 5.17. The summed E-state index contributed by atoms with van der Waals surface area (Å²) in [5.41, 5.74) is 0.901. The summed E-state index contributed by atoms with van der Waals surface area (Å²) in [6.07, 6.45) is 4.22. The first-order valence-electron chi connectivity index (χ1n) is 13.1. The lowest BCUT2D eigenvalue weighted by Gasteiger charge is -2.33. The van der Waals surface area contributed by atoms with E-state index in [0.717, 1.165) is 36.4 Å². The topological polar surface area (TPSA) is 155 Å². The Hall–Kier alpha value is -4.39. The molecule has 0 radical (unpaired) electrons. The number of nitrogens with zero attached hydrogens (tertiary/aromatic N) is 4. The van der Waals surface area contributed by atoms with E-state index in [4.69, 9.17) is 4.42 Å². The highest BCUT2D eigenvalue weighted by Crippen LogP contribution is 2.28. The van der Waals surface area contributed by atoms with Gasteiger partial charge in [-0.2, -0.15) is 5.10 Å². The highest BCUT2D eigenvalue weighted by atomic mass is 19.1. The van der Waals surface area contributed by atoms with E-state index in [0.29, 0.717) is 22.7 Å². The van der Waals surface area contributed by atoms with Gasteiger partial charge in [-0.25, -0.2) is 18.7 Å². The number of ketones is 1. The summed E-state index contributed by atoms with van der Waals surface area (Å²) < 4.78 is 20.4. The van der Waals surface area contributed by atoms with Crippen LogP contribution in [0.3, 0.4) is 0 Å². The maximum atomic E-state index is 14.5. The van der Waals surface area contributed by atoms with Gasteiger partial charge in [0.15, 0.2) is 22.8 Å². The summed E-state index contributed by atoms with van der Waals surface area (Å²) in [6, 6.07) is 5.80. The molecule has 3 aromatic heterocycles. The Kier molecular flexibility index (Phi) is 7.48. The molecule has 13 heteroatoms. The Labute approximate surface area is 227 Å². The van der Waals surface area contributed by atoms with Gasteiger partial charge in [0, 0.05) is 24.6 Å². The summed E-state index contributed by atoms with van der Waals surface area (Å²) >= 11 is 0. The average molecular weight is 552 g/mol. The van der Waals surface area contributed by atoms with Crippen LogP contribution < -0.4 is 16.4 Å². The van der Waals surface area contributed by atoms with Crippen molar-refractivity contribution in [2.24, 2.45) is 5.92 Å². The zero-order valence-corrected chi connectivity index (χ0v) is 22.4. The Balaban J connectivity index is 1.30. The fourth-order valence-corrected chi connectivity index (χ4v) is 5.17. The number of fused-ring (bicyclic) bond motifs is 2. The molecule has 3 N–H and O–H groups in total. The molecule has 1 atom stereocenters. The van der Waals surface area contributed by atoms with Gasteiger partial charge in [-0.1, -0.05) is 6.07 Å². The maximum Gasteiger partial charge on any atom is 0.417 e. The number of aromatic nitrogens is 4. The minimum atomic E-state index is -0.806. The second-order valence-corrected chi connectivity index (χ2v) is 10.3. The molecule has 1 saturated carbocycles. The molecule has 3 heterocycles. The van der Waals surface area contributed by atoms with Crippen LogP contribution in [-0.4, -0.2) is 68.3 Å². The van der Waals surface area contributed by atoms with Gasteiger partial charge in [0.05, 0.1) is 17.8 Å². The Morgan fingerprint density at radius 2 is 1.93 bits per heavy atom. The van der Waals surface area contributed by atoms with Gasteiger partial charge < -0.3 is 20.0 Å². The number of hydrogen-bond acceptors (Lipinski definition) is 8. The smallest absolute Gasteiger partial charge is 0.408 e. The zero-order valence-electron chi connectivity index (χ0n) is 22.4. The van der Waals surface area contributed by atoms with Crippen LogP contribution in [0.4, 0.5) is 4.39 Å². The van der Waals surface area contributed by atoms with Crippen molar-refractivity contribution in [2.75, 3.05) is 14.1 Å². The van der Waals surface area contributed by atoms with Crippen molar-refractivity contribution < 1.29 is 23.2 Å². The highest BCUT2D eigenvalue weighted by Gasteiger charge is 2.31. The van der Waals surface area contributed by atoms with Crippen LogP contribution in [0.1, 0.15) is 59.1 Å². The first kappa shape index (κ1) is 27.2. The molecule has 1 aliphatic carbocycles. The third-order valence-electron chi connectivity index (χ3n) is 7.43. The Bertz CT molecular complexity index is 1650. The van der Waals surface area contributed by atoms with Gasteiger partial charge in [-0.15, -0.1) is 0 Å². The predicted molar refractivity (Wildman–Crippen MR) is 142 cm³/mol. The van der Waals surface area contributed by atoms with Gasteiger partial charge in [-0.05, 0) is 64.4 Å². The minimum absolute atomic E-state index is 0.0589. The van der Waals surface area contributed by atoms with Gasteiger partial charge in [0.25, 0.3) is 11.8 Å². The summed E-state index contributed by atoms with van der Waals surface area (Å²) in [5.74, 6) is -2.93. The first-order chi connectivity index (χ1) is 19.1. The highest BCUT2D eigenvalue weighted by molar-refractivity contribution is 6.00. The number of oxazole rings is 1. The molecule has 1 fully saturated rings. The van der Waals surface area contributed by atoms with Crippen LogP contribution in [0.5, 0.6) is 0 Å². The fraction of sp³-hybridized carbons (Fsp3) is 0.407. The van der Waals surface area contributed by atoms with E-state index in [-0.39, 0.29) is 35.3 Å². The van der Waals surface area contributed by atoms with Crippen molar-refractivity contribution in [2.45, 2.75) is 51.2 Å². The summed E-state index contributed by atoms with van der Waals surface area (Å²) in [4.78, 5) is 59.4. The van der Waals surface area contributed by atoms with Crippen LogP contribution in [-0.2, 0) is 11.3 Å². The van der Waals surface area contributed by atoms with Crippen molar-refractivity contribution in [3.63, 3.8) is 0 Å². The molecule has 1 aromatic carbocycles. The van der Waals surface area contributed by atoms with E-state index in [1.54, 1.807) is 25.1 Å². The standard InChI is InChI=1S/C27H30FN7O5/c1-14(23(36)16-5-7-17(8-6-16)34(2)3)31-26(38)21-11-20(32-24-18(28)13-30-35(21)24)25(37)29-12-15-4-9-22-19(10-15)33-27(39)40-22/h4,9-11,13-14,16-17H,5-8,12H2,1-3H3,(H,29,37)(H,31,38)(H,33,39)/t14-,16?,17?/m0/s1. The number of benzene rings is 1. The number of Topliss-reactive ketones (excluding diaryl/α,β-unsaturated/α-hetero) is 1. The molecule has 40 heavy (non-hydrogen) atoms. The number of aromatic amines is 1. The number of nitrogens with one attached hydrogen (secondary N) is 3. The molecule has 0 spiro atoms. The van der Waals surface area contributed by atoms with Gasteiger partial charge in [-0.3, -0.25) is 19.4 Å². The maximum absolute atomic E-state index is 14.5. The normalized spacial score (nSPS) is 18.2. The Morgan fingerprint density at radius 3 is 2.65 bits per heavy atom. The number of carbonyl (C=O) groups is 3. The van der Waals surface area contributed by atoms with Crippen molar-refractivity contribution >= 4 is 34.3 Å². The molecule has 0 aliphatic heterocycles. The monoisotopic (exact) mass is 551 g/mol.